The zero-order valence-electron chi connectivity index (χ0n) is 10.8. The highest BCUT2D eigenvalue weighted by Gasteiger charge is 2.13. The third-order valence-corrected chi connectivity index (χ3v) is 2.48. The van der Waals surface area contributed by atoms with Gasteiger partial charge < -0.3 is 5.32 Å². The number of nitrogens with one attached hydrogen (secondary N) is 1. The predicted molar refractivity (Wildman–Crippen MR) is 66.1 cm³/mol. The van der Waals surface area contributed by atoms with Gasteiger partial charge in [0.25, 0.3) is 0 Å². The molecular formula is C13H15F2N3O. The first-order chi connectivity index (χ1) is 8.97. The molecular weight excluding hydrogens is 252 g/mol. The number of rotatable bonds is 5. The minimum atomic E-state index is -0.880. The van der Waals surface area contributed by atoms with Crippen LogP contribution in [0.25, 0.3) is 0 Å². The van der Waals surface area contributed by atoms with E-state index in [0.717, 1.165) is 0 Å². The predicted octanol–water partition coefficient (Wildman–Crippen LogP) is 1.40. The van der Waals surface area contributed by atoms with Crippen LogP contribution in [-0.2, 0) is 11.3 Å². The van der Waals surface area contributed by atoms with Crippen molar-refractivity contribution < 1.29 is 13.6 Å². The van der Waals surface area contributed by atoms with Crippen LogP contribution in [0.5, 0.6) is 0 Å². The number of carbonyl (C=O) groups is 1. The third kappa shape index (κ3) is 4.30. The number of benzene rings is 1. The first kappa shape index (κ1) is 15.1. The average Bonchev–Trinajstić information content (AvgIpc) is 2.32. The van der Waals surface area contributed by atoms with Gasteiger partial charge in [0, 0.05) is 24.7 Å². The largest absolute Gasteiger partial charge is 0.355 e. The lowest BCUT2D eigenvalue weighted by Gasteiger charge is -2.16. The molecule has 19 heavy (non-hydrogen) atoms. The van der Waals surface area contributed by atoms with Gasteiger partial charge in [-0.2, -0.15) is 5.26 Å². The summed E-state index contributed by atoms with van der Waals surface area (Å²) in [5, 5.41) is 11.3. The Kier molecular flexibility index (Phi) is 5.39. The lowest BCUT2D eigenvalue weighted by molar-refractivity contribution is -0.121. The van der Waals surface area contributed by atoms with E-state index in [-0.39, 0.29) is 30.1 Å². The zero-order chi connectivity index (χ0) is 14.4. The summed E-state index contributed by atoms with van der Waals surface area (Å²) in [6.45, 7) is 2.55. The molecule has 1 aromatic carbocycles. The van der Waals surface area contributed by atoms with Gasteiger partial charge in [0.2, 0.25) is 5.91 Å². The van der Waals surface area contributed by atoms with Crippen LogP contribution in [0.4, 0.5) is 8.78 Å². The molecule has 0 fully saturated rings. The van der Waals surface area contributed by atoms with Gasteiger partial charge in [-0.25, -0.2) is 8.78 Å². The fraction of sp³-hybridized carbons (Fsp3) is 0.385. The smallest absolute Gasteiger partial charge is 0.234 e. The summed E-state index contributed by atoms with van der Waals surface area (Å²) in [6.07, 6.45) is 0. The van der Waals surface area contributed by atoms with E-state index in [9.17, 15) is 13.6 Å². The Labute approximate surface area is 110 Å². The molecule has 1 aromatic rings. The molecule has 0 saturated heterocycles. The molecule has 4 nitrogen and oxygen atoms in total. The molecule has 0 aliphatic carbocycles. The van der Waals surface area contributed by atoms with Gasteiger partial charge in [-0.3, -0.25) is 9.69 Å². The molecule has 0 aromatic heterocycles. The highest BCUT2D eigenvalue weighted by Crippen LogP contribution is 2.15. The van der Waals surface area contributed by atoms with E-state index in [1.807, 2.05) is 0 Å². The standard InChI is InChI=1S/C13H15F2N3O/c1-3-17-13(19)8-18(2)7-10-4-9(6-16)11(14)5-12(10)15/h4-5H,3,7-8H2,1-2H3,(H,17,19). The van der Waals surface area contributed by atoms with Crippen LogP contribution in [0.3, 0.4) is 0 Å². The molecule has 0 spiro atoms. The SMILES string of the molecule is CCNC(=O)CN(C)Cc1cc(C#N)c(F)cc1F. The van der Waals surface area contributed by atoms with Crippen LogP contribution >= 0.6 is 0 Å². The van der Waals surface area contributed by atoms with E-state index in [0.29, 0.717) is 12.6 Å². The van der Waals surface area contributed by atoms with Crippen LogP contribution in [0.2, 0.25) is 0 Å². The number of likely N-dealkylation sites (N-methyl/N-ethyl adjacent to an activating group) is 2. The first-order valence-electron chi connectivity index (χ1n) is 5.81. The van der Waals surface area contributed by atoms with E-state index in [2.05, 4.69) is 5.32 Å². The maximum atomic E-state index is 13.5. The molecule has 0 atom stereocenters. The number of nitrogens with zero attached hydrogens (tertiary/aromatic N) is 2. The average molecular weight is 267 g/mol. The Morgan fingerprint density at radius 3 is 2.68 bits per heavy atom. The normalized spacial score (nSPS) is 10.3. The lowest BCUT2D eigenvalue weighted by atomic mass is 10.1. The molecule has 1 N–H and O–H groups in total. The Balaban J connectivity index is 2.77. The van der Waals surface area contributed by atoms with E-state index in [1.54, 1.807) is 24.9 Å². The zero-order valence-corrected chi connectivity index (χ0v) is 10.8. The van der Waals surface area contributed by atoms with E-state index in [4.69, 9.17) is 5.26 Å². The number of nitriles is 1. The van der Waals surface area contributed by atoms with Crippen molar-refractivity contribution in [2.24, 2.45) is 0 Å². The van der Waals surface area contributed by atoms with Gasteiger partial charge in [0.1, 0.15) is 17.7 Å². The highest BCUT2D eigenvalue weighted by atomic mass is 19.1. The summed E-state index contributed by atoms with van der Waals surface area (Å²) in [4.78, 5) is 12.9. The van der Waals surface area contributed by atoms with Gasteiger partial charge in [0.15, 0.2) is 0 Å². The first-order valence-corrected chi connectivity index (χ1v) is 5.81. The number of amides is 1. The monoisotopic (exact) mass is 267 g/mol. The fourth-order valence-electron chi connectivity index (χ4n) is 1.65. The van der Waals surface area contributed by atoms with E-state index in [1.165, 1.54) is 6.07 Å². The van der Waals surface area contributed by atoms with E-state index < -0.39 is 11.6 Å². The number of carbonyl (C=O) groups excluding carboxylic acids is 1. The fourth-order valence-corrected chi connectivity index (χ4v) is 1.65. The van der Waals surface area contributed by atoms with Crippen molar-refractivity contribution in [1.29, 1.82) is 5.26 Å². The van der Waals surface area contributed by atoms with Crippen molar-refractivity contribution in [3.05, 3.63) is 34.9 Å². The Morgan fingerprint density at radius 2 is 2.11 bits per heavy atom. The third-order valence-electron chi connectivity index (χ3n) is 2.48. The summed E-state index contributed by atoms with van der Waals surface area (Å²) in [5.41, 5.74) is -0.0208. The lowest BCUT2D eigenvalue weighted by Crippen LogP contribution is -2.34. The molecule has 1 rings (SSSR count). The molecule has 6 heteroatoms. The molecule has 0 radical (unpaired) electrons. The van der Waals surface area contributed by atoms with Gasteiger partial charge in [0.05, 0.1) is 12.1 Å². The van der Waals surface area contributed by atoms with Crippen LogP contribution in [0, 0.1) is 23.0 Å². The van der Waals surface area contributed by atoms with Gasteiger partial charge in [-0.1, -0.05) is 0 Å². The topological polar surface area (TPSA) is 56.1 Å². The van der Waals surface area contributed by atoms with Crippen LogP contribution in [0.15, 0.2) is 12.1 Å². The summed E-state index contributed by atoms with van der Waals surface area (Å²) < 4.78 is 26.7. The molecule has 0 bridgehead atoms. The van der Waals surface area contributed by atoms with Crippen molar-refractivity contribution in [3.8, 4) is 6.07 Å². The van der Waals surface area contributed by atoms with Crippen LogP contribution in [0.1, 0.15) is 18.1 Å². The summed E-state index contributed by atoms with van der Waals surface area (Å²) in [5.74, 6) is -1.78. The maximum Gasteiger partial charge on any atom is 0.234 e. The minimum absolute atomic E-state index is 0.104. The highest BCUT2D eigenvalue weighted by molar-refractivity contribution is 5.77. The van der Waals surface area contributed by atoms with Crippen molar-refractivity contribution in [2.75, 3.05) is 20.1 Å². The summed E-state index contributed by atoms with van der Waals surface area (Å²) in [6, 6.07) is 3.51. The molecule has 0 unspecified atom stereocenters. The van der Waals surface area contributed by atoms with Crippen molar-refractivity contribution >= 4 is 5.91 Å². The molecule has 0 saturated carbocycles. The summed E-state index contributed by atoms with van der Waals surface area (Å²) >= 11 is 0. The molecule has 0 heterocycles. The molecule has 0 aliphatic rings. The second-order valence-electron chi connectivity index (χ2n) is 4.16. The molecule has 1 amide bonds. The second-order valence-corrected chi connectivity index (χ2v) is 4.16. The van der Waals surface area contributed by atoms with Gasteiger partial charge in [-0.15, -0.1) is 0 Å². The van der Waals surface area contributed by atoms with E-state index >= 15 is 0 Å². The van der Waals surface area contributed by atoms with Gasteiger partial charge in [-0.05, 0) is 20.0 Å². The minimum Gasteiger partial charge on any atom is -0.355 e. The second kappa shape index (κ2) is 6.81. The van der Waals surface area contributed by atoms with Crippen molar-refractivity contribution in [2.45, 2.75) is 13.5 Å². The molecule has 0 aliphatic heterocycles. The Bertz CT molecular complexity index is 511. The Hall–Kier alpha value is -2.00. The van der Waals surface area contributed by atoms with Crippen molar-refractivity contribution in [1.82, 2.24) is 10.2 Å². The number of halogens is 2. The van der Waals surface area contributed by atoms with Gasteiger partial charge >= 0.3 is 0 Å². The van der Waals surface area contributed by atoms with Crippen LogP contribution < -0.4 is 5.32 Å². The Morgan fingerprint density at radius 1 is 1.42 bits per heavy atom. The quantitative estimate of drug-likeness (QED) is 0.877. The summed E-state index contributed by atoms with van der Waals surface area (Å²) in [7, 11) is 1.64. The number of hydrogen-bond acceptors (Lipinski definition) is 3. The number of hydrogen-bond donors (Lipinski definition) is 1. The van der Waals surface area contributed by atoms with Crippen molar-refractivity contribution in [3.63, 3.8) is 0 Å². The molecule has 102 valence electrons. The maximum absolute atomic E-state index is 13.5. The van der Waals surface area contributed by atoms with Crippen LogP contribution in [-0.4, -0.2) is 30.9 Å².